The Hall–Kier alpha value is -0.960. The third-order valence-electron chi connectivity index (χ3n) is 3.46. The first-order chi connectivity index (χ1) is 9.48. The molecular weight excluding hydrogens is 280 g/mol. The molecule has 1 aliphatic heterocycles. The van der Waals surface area contributed by atoms with E-state index in [9.17, 15) is 8.42 Å². The predicted octanol–water partition coefficient (Wildman–Crippen LogP) is 0.0298. The Bertz CT molecular complexity index is 543. The van der Waals surface area contributed by atoms with Gasteiger partial charge in [0.25, 0.3) is 0 Å². The van der Waals surface area contributed by atoms with Crippen molar-refractivity contribution in [1.29, 1.82) is 0 Å². The fourth-order valence-corrected chi connectivity index (χ4v) is 4.01. The fraction of sp³-hybridized carbons (Fsp3) is 0.750. The number of hydrogen-bond donors (Lipinski definition) is 1. The van der Waals surface area contributed by atoms with Gasteiger partial charge in [0.05, 0.1) is 25.5 Å². The van der Waals surface area contributed by atoms with E-state index in [4.69, 9.17) is 10.5 Å². The Morgan fingerprint density at radius 2 is 2.30 bits per heavy atom. The van der Waals surface area contributed by atoms with Crippen LogP contribution in [-0.2, 0) is 21.3 Å². The summed E-state index contributed by atoms with van der Waals surface area (Å²) >= 11 is 0. The maximum atomic E-state index is 12.7. The minimum Gasteiger partial charge on any atom is -0.375 e. The second kappa shape index (κ2) is 6.21. The van der Waals surface area contributed by atoms with Crippen molar-refractivity contribution >= 4 is 10.0 Å². The van der Waals surface area contributed by atoms with Crippen LogP contribution < -0.4 is 5.73 Å². The van der Waals surface area contributed by atoms with Crippen molar-refractivity contribution in [2.75, 3.05) is 19.7 Å². The first kappa shape index (κ1) is 15.4. The molecule has 20 heavy (non-hydrogen) atoms. The summed E-state index contributed by atoms with van der Waals surface area (Å²) in [5.74, 6) is 0. The molecular formula is C12H22N4O3S. The zero-order valence-corrected chi connectivity index (χ0v) is 12.7. The summed E-state index contributed by atoms with van der Waals surface area (Å²) in [7, 11) is -3.52. The molecule has 2 rings (SSSR count). The lowest BCUT2D eigenvalue weighted by Crippen LogP contribution is -2.51. The number of rotatable bonds is 5. The molecule has 8 heteroatoms. The Balaban J connectivity index is 2.26. The fourth-order valence-electron chi connectivity index (χ4n) is 2.30. The van der Waals surface area contributed by atoms with Gasteiger partial charge in [-0.25, -0.2) is 8.42 Å². The Labute approximate surface area is 119 Å². The summed E-state index contributed by atoms with van der Waals surface area (Å²) in [5, 5.41) is 4.04. The van der Waals surface area contributed by atoms with Crippen LogP contribution in [0.25, 0.3) is 0 Å². The first-order valence-electron chi connectivity index (χ1n) is 6.85. The van der Waals surface area contributed by atoms with Gasteiger partial charge in [0.1, 0.15) is 4.90 Å². The number of ether oxygens (including phenoxy) is 1. The zero-order chi connectivity index (χ0) is 14.8. The molecule has 2 atom stereocenters. The molecule has 114 valence electrons. The van der Waals surface area contributed by atoms with Crippen LogP contribution in [0, 0.1) is 0 Å². The highest BCUT2D eigenvalue weighted by Gasteiger charge is 2.36. The van der Waals surface area contributed by atoms with Crippen LogP contribution in [0.2, 0.25) is 0 Å². The zero-order valence-electron chi connectivity index (χ0n) is 11.9. The number of nitrogens with zero attached hydrogens (tertiary/aromatic N) is 3. The molecule has 1 saturated heterocycles. The predicted molar refractivity (Wildman–Crippen MR) is 74.7 cm³/mol. The van der Waals surface area contributed by atoms with Crippen molar-refractivity contribution in [3.8, 4) is 0 Å². The van der Waals surface area contributed by atoms with Crippen molar-refractivity contribution in [2.45, 2.75) is 43.9 Å². The number of nitrogens with two attached hydrogens (primary N) is 1. The Morgan fingerprint density at radius 1 is 1.55 bits per heavy atom. The highest BCUT2D eigenvalue weighted by molar-refractivity contribution is 7.89. The second-order valence-corrected chi connectivity index (χ2v) is 6.90. The molecule has 0 radical (unpaired) electrons. The van der Waals surface area contributed by atoms with Gasteiger partial charge < -0.3 is 10.5 Å². The molecule has 1 fully saturated rings. The molecule has 0 bridgehead atoms. The van der Waals surface area contributed by atoms with Crippen molar-refractivity contribution in [1.82, 2.24) is 14.1 Å². The van der Waals surface area contributed by atoms with E-state index in [0.29, 0.717) is 26.2 Å². The standard InChI is InChI=1S/C12H22N4O3S/c1-3-11-9-19-10(2)7-16(11)20(17,18)12-6-14-15(8-12)5-4-13/h6,8,10-11H,3-5,7,9,13H2,1-2H3. The van der Waals surface area contributed by atoms with Crippen LogP contribution in [0.15, 0.2) is 17.3 Å². The minimum absolute atomic E-state index is 0.0911. The molecule has 0 saturated carbocycles. The highest BCUT2D eigenvalue weighted by atomic mass is 32.2. The van der Waals surface area contributed by atoms with Crippen LogP contribution in [-0.4, -0.2) is 54.3 Å². The van der Waals surface area contributed by atoms with Crippen molar-refractivity contribution < 1.29 is 13.2 Å². The molecule has 0 spiro atoms. The van der Waals surface area contributed by atoms with Gasteiger partial charge in [-0.3, -0.25) is 4.68 Å². The molecule has 7 nitrogen and oxygen atoms in total. The third-order valence-corrected chi connectivity index (χ3v) is 5.33. The topological polar surface area (TPSA) is 90.5 Å². The molecule has 0 aromatic carbocycles. The molecule has 2 N–H and O–H groups in total. The smallest absolute Gasteiger partial charge is 0.246 e. The summed E-state index contributed by atoms with van der Waals surface area (Å²) < 4.78 is 34.0. The maximum Gasteiger partial charge on any atom is 0.246 e. The van der Waals surface area contributed by atoms with Crippen LogP contribution >= 0.6 is 0 Å². The first-order valence-corrected chi connectivity index (χ1v) is 8.29. The van der Waals surface area contributed by atoms with Gasteiger partial charge in [-0.1, -0.05) is 6.92 Å². The van der Waals surface area contributed by atoms with Crippen LogP contribution in [0.1, 0.15) is 20.3 Å². The summed E-state index contributed by atoms with van der Waals surface area (Å²) in [5.41, 5.74) is 5.45. The molecule has 0 amide bonds. The maximum absolute atomic E-state index is 12.7. The molecule has 1 aliphatic rings. The quantitative estimate of drug-likeness (QED) is 0.828. The Morgan fingerprint density at radius 3 is 2.95 bits per heavy atom. The van der Waals surface area contributed by atoms with E-state index < -0.39 is 10.0 Å². The van der Waals surface area contributed by atoms with Crippen molar-refractivity contribution in [3.63, 3.8) is 0 Å². The summed E-state index contributed by atoms with van der Waals surface area (Å²) in [4.78, 5) is 0.221. The summed E-state index contributed by atoms with van der Waals surface area (Å²) in [6, 6.07) is -0.117. The number of morpholine rings is 1. The molecule has 1 aromatic rings. The van der Waals surface area contributed by atoms with Crippen molar-refractivity contribution in [2.24, 2.45) is 5.73 Å². The third kappa shape index (κ3) is 3.03. The van der Waals surface area contributed by atoms with E-state index >= 15 is 0 Å². The largest absolute Gasteiger partial charge is 0.375 e. The van der Waals surface area contributed by atoms with E-state index in [0.717, 1.165) is 6.42 Å². The van der Waals surface area contributed by atoms with Crippen molar-refractivity contribution in [3.05, 3.63) is 12.4 Å². The van der Waals surface area contributed by atoms with Gasteiger partial charge >= 0.3 is 0 Å². The monoisotopic (exact) mass is 302 g/mol. The molecule has 1 aromatic heterocycles. The Kier molecular flexibility index (Phi) is 4.79. The second-order valence-electron chi connectivity index (χ2n) is 5.01. The van der Waals surface area contributed by atoms with Gasteiger partial charge in [-0.05, 0) is 13.3 Å². The van der Waals surface area contributed by atoms with E-state index in [2.05, 4.69) is 5.10 Å². The number of sulfonamides is 1. The lowest BCUT2D eigenvalue weighted by Gasteiger charge is -2.36. The molecule has 2 unspecified atom stereocenters. The van der Waals surface area contributed by atoms with Crippen LogP contribution in [0.3, 0.4) is 0 Å². The lowest BCUT2D eigenvalue weighted by atomic mass is 10.2. The van der Waals surface area contributed by atoms with Gasteiger partial charge in [-0.2, -0.15) is 9.40 Å². The van der Waals surface area contributed by atoms with E-state index in [1.54, 1.807) is 4.68 Å². The van der Waals surface area contributed by atoms with E-state index in [1.807, 2.05) is 13.8 Å². The van der Waals surface area contributed by atoms with E-state index in [-0.39, 0.29) is 17.0 Å². The van der Waals surface area contributed by atoms with Gasteiger partial charge in [0.2, 0.25) is 10.0 Å². The SMILES string of the molecule is CCC1COC(C)CN1S(=O)(=O)c1cnn(CCN)c1. The highest BCUT2D eigenvalue weighted by Crippen LogP contribution is 2.23. The van der Waals surface area contributed by atoms with Crippen LogP contribution in [0.5, 0.6) is 0 Å². The van der Waals surface area contributed by atoms with E-state index in [1.165, 1.54) is 16.7 Å². The van der Waals surface area contributed by atoms with Gasteiger partial charge in [0, 0.05) is 25.3 Å². The van der Waals surface area contributed by atoms with Gasteiger partial charge in [-0.15, -0.1) is 0 Å². The number of hydrogen-bond acceptors (Lipinski definition) is 5. The summed E-state index contributed by atoms with van der Waals surface area (Å²) in [6.45, 7) is 5.59. The average Bonchev–Trinajstić information content (AvgIpc) is 2.88. The minimum atomic E-state index is -3.52. The molecule has 2 heterocycles. The van der Waals surface area contributed by atoms with Crippen LogP contribution in [0.4, 0.5) is 0 Å². The molecule has 0 aliphatic carbocycles. The van der Waals surface area contributed by atoms with Gasteiger partial charge in [0.15, 0.2) is 0 Å². The average molecular weight is 302 g/mol. The summed E-state index contributed by atoms with van der Waals surface area (Å²) in [6.07, 6.45) is 3.56. The number of aromatic nitrogens is 2. The normalized spacial score (nSPS) is 24.9. The lowest BCUT2D eigenvalue weighted by molar-refractivity contribution is -0.0230.